The van der Waals surface area contributed by atoms with Crippen molar-refractivity contribution in [2.75, 3.05) is 13.7 Å². The van der Waals surface area contributed by atoms with Gasteiger partial charge in [-0.3, -0.25) is 4.79 Å². The third-order valence-electron chi connectivity index (χ3n) is 4.63. The second-order valence-electron chi connectivity index (χ2n) is 6.13. The highest BCUT2D eigenvalue weighted by Crippen LogP contribution is 2.38. The van der Waals surface area contributed by atoms with Crippen LogP contribution in [0.15, 0.2) is 18.2 Å². The number of methoxy groups -OCH3 is 1. The Morgan fingerprint density at radius 1 is 1.41 bits per heavy atom. The van der Waals surface area contributed by atoms with E-state index in [1.165, 1.54) is 0 Å². The van der Waals surface area contributed by atoms with Crippen molar-refractivity contribution in [3.63, 3.8) is 0 Å². The quantitative estimate of drug-likeness (QED) is 0.873. The zero-order valence-corrected chi connectivity index (χ0v) is 14.5. The number of aryl methyl sites for hydroxylation is 1. The van der Waals surface area contributed by atoms with Crippen LogP contribution in [0, 0.1) is 12.3 Å². The molecule has 3 N–H and O–H groups in total. The lowest BCUT2D eigenvalue weighted by molar-refractivity contribution is -0.131. The number of nitrogens with two attached hydrogens (primary N) is 1. The van der Waals surface area contributed by atoms with Crippen molar-refractivity contribution < 1.29 is 9.53 Å². The molecule has 2 rings (SSSR count). The highest BCUT2D eigenvalue weighted by atomic mass is 35.5. The van der Waals surface area contributed by atoms with E-state index >= 15 is 0 Å². The second kappa shape index (κ2) is 7.84. The number of rotatable bonds is 5. The molecule has 1 atom stereocenters. The molecule has 1 aliphatic rings. The van der Waals surface area contributed by atoms with E-state index in [0.717, 1.165) is 42.6 Å². The van der Waals surface area contributed by atoms with Crippen molar-refractivity contribution in [1.82, 2.24) is 5.32 Å². The van der Waals surface area contributed by atoms with Crippen molar-refractivity contribution in [3.05, 3.63) is 29.3 Å². The average molecular weight is 327 g/mol. The van der Waals surface area contributed by atoms with E-state index in [4.69, 9.17) is 10.5 Å². The lowest BCUT2D eigenvalue weighted by Crippen LogP contribution is -2.45. The van der Waals surface area contributed by atoms with Crippen LogP contribution in [0.5, 0.6) is 5.75 Å². The van der Waals surface area contributed by atoms with E-state index in [0.29, 0.717) is 6.54 Å². The molecular formula is C17H27ClN2O2. The van der Waals surface area contributed by atoms with Crippen molar-refractivity contribution in [2.24, 2.45) is 11.1 Å². The number of hydrogen-bond acceptors (Lipinski definition) is 3. The number of ether oxygens (including phenoxy) is 1. The predicted molar refractivity (Wildman–Crippen MR) is 91.5 cm³/mol. The molecule has 1 saturated carbocycles. The van der Waals surface area contributed by atoms with Gasteiger partial charge in [0.15, 0.2) is 0 Å². The number of amides is 1. The third kappa shape index (κ3) is 3.73. The summed E-state index contributed by atoms with van der Waals surface area (Å²) in [5.74, 6) is 0.889. The molecule has 0 aromatic heterocycles. The van der Waals surface area contributed by atoms with Crippen LogP contribution < -0.4 is 15.8 Å². The van der Waals surface area contributed by atoms with Crippen LogP contribution in [0.4, 0.5) is 0 Å². The molecule has 124 valence electrons. The Morgan fingerprint density at radius 3 is 2.59 bits per heavy atom. The Bertz CT molecular complexity index is 513. The molecule has 0 saturated heterocycles. The van der Waals surface area contributed by atoms with Gasteiger partial charge >= 0.3 is 0 Å². The van der Waals surface area contributed by atoms with Gasteiger partial charge in [-0.25, -0.2) is 0 Å². The van der Waals surface area contributed by atoms with Crippen LogP contribution in [0.25, 0.3) is 0 Å². The minimum atomic E-state index is -0.370. The largest absolute Gasteiger partial charge is 0.496 e. The third-order valence-corrected chi connectivity index (χ3v) is 4.63. The summed E-state index contributed by atoms with van der Waals surface area (Å²) in [6.45, 7) is 4.46. The minimum Gasteiger partial charge on any atom is -0.496 e. The minimum absolute atomic E-state index is 0. The number of halogens is 1. The molecule has 1 amide bonds. The number of nitrogens with one attached hydrogen (secondary N) is 1. The van der Waals surface area contributed by atoms with Gasteiger partial charge in [0.05, 0.1) is 18.6 Å². The molecule has 5 heteroatoms. The summed E-state index contributed by atoms with van der Waals surface area (Å²) >= 11 is 0. The van der Waals surface area contributed by atoms with Crippen LogP contribution in [0.1, 0.15) is 49.8 Å². The van der Waals surface area contributed by atoms with Gasteiger partial charge in [-0.2, -0.15) is 0 Å². The molecule has 1 aromatic rings. The summed E-state index contributed by atoms with van der Waals surface area (Å²) in [5.41, 5.74) is 7.67. The number of benzene rings is 1. The molecule has 0 bridgehead atoms. The zero-order valence-electron chi connectivity index (χ0n) is 13.6. The number of hydrogen-bond donors (Lipinski definition) is 2. The Hall–Kier alpha value is -1.26. The fraction of sp³-hybridized carbons (Fsp3) is 0.588. The molecule has 0 spiro atoms. The molecular weight excluding hydrogens is 300 g/mol. The molecule has 1 aromatic carbocycles. The van der Waals surface area contributed by atoms with E-state index in [1.54, 1.807) is 7.11 Å². The van der Waals surface area contributed by atoms with Crippen molar-refractivity contribution in [1.29, 1.82) is 0 Å². The monoisotopic (exact) mass is 326 g/mol. The first-order chi connectivity index (χ1) is 10.0. The SMILES string of the molecule is COc1ccc(C)cc1C(C)NC(=O)C1(CN)CCCC1.Cl. The summed E-state index contributed by atoms with van der Waals surface area (Å²) < 4.78 is 5.40. The summed E-state index contributed by atoms with van der Waals surface area (Å²) in [4.78, 5) is 12.6. The highest BCUT2D eigenvalue weighted by Gasteiger charge is 2.40. The number of carbonyl (C=O) groups is 1. The zero-order chi connectivity index (χ0) is 15.5. The lowest BCUT2D eigenvalue weighted by atomic mass is 9.85. The van der Waals surface area contributed by atoms with Gasteiger partial charge in [0.2, 0.25) is 5.91 Å². The van der Waals surface area contributed by atoms with Crippen molar-refractivity contribution in [3.8, 4) is 5.75 Å². The fourth-order valence-electron chi connectivity index (χ4n) is 3.20. The predicted octanol–water partition coefficient (Wildman–Crippen LogP) is 3.12. The van der Waals surface area contributed by atoms with Crippen LogP contribution in [-0.2, 0) is 4.79 Å². The van der Waals surface area contributed by atoms with Gasteiger partial charge in [0.25, 0.3) is 0 Å². The van der Waals surface area contributed by atoms with Crippen molar-refractivity contribution in [2.45, 2.75) is 45.6 Å². The first-order valence-electron chi connectivity index (χ1n) is 7.68. The lowest BCUT2D eigenvalue weighted by Gasteiger charge is -2.28. The van der Waals surface area contributed by atoms with Gasteiger partial charge in [-0.1, -0.05) is 30.5 Å². The van der Waals surface area contributed by atoms with E-state index in [9.17, 15) is 4.79 Å². The summed E-state index contributed by atoms with van der Waals surface area (Å²) in [5, 5.41) is 3.13. The normalized spacial score (nSPS) is 17.5. The fourth-order valence-corrected chi connectivity index (χ4v) is 3.20. The Balaban J connectivity index is 0.00000242. The maximum Gasteiger partial charge on any atom is 0.227 e. The summed E-state index contributed by atoms with van der Waals surface area (Å²) in [6.07, 6.45) is 3.97. The Kier molecular flexibility index (Phi) is 6.69. The maximum absolute atomic E-state index is 12.6. The van der Waals surface area contributed by atoms with Crippen LogP contribution >= 0.6 is 12.4 Å². The van der Waals surface area contributed by atoms with Gasteiger partial charge in [0.1, 0.15) is 5.75 Å². The van der Waals surface area contributed by atoms with Gasteiger partial charge in [-0.05, 0) is 32.8 Å². The Morgan fingerprint density at radius 2 is 2.05 bits per heavy atom. The molecule has 0 aliphatic heterocycles. The summed E-state index contributed by atoms with van der Waals surface area (Å²) in [7, 11) is 1.65. The summed E-state index contributed by atoms with van der Waals surface area (Å²) in [6, 6.07) is 5.93. The molecule has 0 radical (unpaired) electrons. The smallest absolute Gasteiger partial charge is 0.227 e. The van der Waals surface area contributed by atoms with E-state index in [1.807, 2.05) is 26.0 Å². The first-order valence-corrected chi connectivity index (χ1v) is 7.68. The maximum atomic E-state index is 12.6. The van der Waals surface area contributed by atoms with E-state index < -0.39 is 0 Å². The average Bonchev–Trinajstić information content (AvgIpc) is 2.97. The first kappa shape index (κ1) is 18.8. The standard InChI is InChI=1S/C17H26N2O2.ClH/c1-12-6-7-15(21-3)14(10-12)13(2)19-16(20)17(11-18)8-4-5-9-17;/h6-7,10,13H,4-5,8-9,11,18H2,1-3H3,(H,19,20);1H. The van der Waals surface area contributed by atoms with Gasteiger partial charge in [-0.15, -0.1) is 12.4 Å². The van der Waals surface area contributed by atoms with E-state index in [2.05, 4.69) is 11.4 Å². The van der Waals surface area contributed by atoms with Gasteiger partial charge in [0, 0.05) is 12.1 Å². The highest BCUT2D eigenvalue weighted by molar-refractivity contribution is 5.85. The molecule has 22 heavy (non-hydrogen) atoms. The molecule has 0 heterocycles. The van der Waals surface area contributed by atoms with Crippen LogP contribution in [0.3, 0.4) is 0 Å². The van der Waals surface area contributed by atoms with Gasteiger partial charge < -0.3 is 15.8 Å². The Labute approximate surface area is 139 Å². The molecule has 4 nitrogen and oxygen atoms in total. The molecule has 1 unspecified atom stereocenters. The van der Waals surface area contributed by atoms with Crippen LogP contribution in [-0.4, -0.2) is 19.6 Å². The molecule has 1 fully saturated rings. The molecule has 1 aliphatic carbocycles. The topological polar surface area (TPSA) is 64.3 Å². The van der Waals surface area contributed by atoms with Crippen LogP contribution in [0.2, 0.25) is 0 Å². The number of carbonyl (C=O) groups excluding carboxylic acids is 1. The van der Waals surface area contributed by atoms with E-state index in [-0.39, 0.29) is 29.8 Å². The second-order valence-corrected chi connectivity index (χ2v) is 6.13. The van der Waals surface area contributed by atoms with Crippen molar-refractivity contribution >= 4 is 18.3 Å².